The Morgan fingerprint density at radius 1 is 1.07 bits per heavy atom. The zero-order valence-electron chi connectivity index (χ0n) is 25.7. The number of nitrogens with zero attached hydrogens (tertiary/aromatic N) is 4. The van der Waals surface area contributed by atoms with Crippen LogP contribution < -0.4 is 5.32 Å². The number of rotatable bonds is 13. The zero-order valence-corrected chi connectivity index (χ0v) is 25.7. The molecule has 3 atom stereocenters. The smallest absolute Gasteiger partial charge is 0.257 e. The third kappa shape index (κ3) is 6.56. The van der Waals surface area contributed by atoms with Crippen molar-refractivity contribution in [1.29, 1.82) is 0 Å². The molecule has 1 aliphatic carbocycles. The summed E-state index contributed by atoms with van der Waals surface area (Å²) in [5.74, 6) is 0.238. The minimum atomic E-state index is -0.427. The molecule has 1 saturated carbocycles. The lowest BCUT2D eigenvalue weighted by Crippen LogP contribution is -2.64. The van der Waals surface area contributed by atoms with Crippen molar-refractivity contribution in [2.75, 3.05) is 45.9 Å². The molecular weight excluding hydrogens is 530 g/mol. The van der Waals surface area contributed by atoms with Crippen LogP contribution in [0.1, 0.15) is 69.3 Å². The van der Waals surface area contributed by atoms with Crippen molar-refractivity contribution in [3.8, 4) is 0 Å². The van der Waals surface area contributed by atoms with Gasteiger partial charge in [-0.2, -0.15) is 5.10 Å². The molecule has 3 aliphatic rings. The maximum Gasteiger partial charge on any atom is 0.257 e. The van der Waals surface area contributed by atoms with Crippen LogP contribution in [0, 0.1) is 28.6 Å². The summed E-state index contributed by atoms with van der Waals surface area (Å²) in [5, 5.41) is 7.49. The molecule has 42 heavy (non-hydrogen) atoms. The quantitative estimate of drug-likeness (QED) is 0.365. The number of aromatic nitrogens is 2. The van der Waals surface area contributed by atoms with E-state index in [-0.39, 0.29) is 35.0 Å². The Bertz CT molecular complexity index is 1250. The maximum atomic E-state index is 13.6. The molecule has 9 nitrogen and oxygen atoms in total. The summed E-state index contributed by atoms with van der Waals surface area (Å²) in [7, 11) is 0. The van der Waals surface area contributed by atoms with E-state index in [9.17, 15) is 14.4 Å². The first-order valence-electron chi connectivity index (χ1n) is 15.7. The van der Waals surface area contributed by atoms with Crippen LogP contribution in [0.25, 0.3) is 0 Å². The van der Waals surface area contributed by atoms with Gasteiger partial charge in [-0.25, -0.2) is 0 Å². The van der Waals surface area contributed by atoms with Gasteiger partial charge in [-0.15, -0.1) is 0 Å². The highest BCUT2D eigenvalue weighted by Crippen LogP contribution is 2.54. The Morgan fingerprint density at radius 3 is 2.45 bits per heavy atom. The van der Waals surface area contributed by atoms with Gasteiger partial charge in [0.15, 0.2) is 0 Å². The summed E-state index contributed by atoms with van der Waals surface area (Å²) in [5.41, 5.74) is 1.25. The van der Waals surface area contributed by atoms with E-state index < -0.39 is 5.41 Å². The second kappa shape index (κ2) is 12.6. The summed E-state index contributed by atoms with van der Waals surface area (Å²) >= 11 is 0. The Hall–Kier alpha value is -3.20. The zero-order chi connectivity index (χ0) is 29.9. The summed E-state index contributed by atoms with van der Waals surface area (Å²) < 4.78 is 7.63. The van der Waals surface area contributed by atoms with Crippen molar-refractivity contribution >= 4 is 17.7 Å². The van der Waals surface area contributed by atoms with Gasteiger partial charge in [0, 0.05) is 56.9 Å². The highest BCUT2D eigenvalue weighted by molar-refractivity contribution is 5.95. The Balaban J connectivity index is 1.21. The van der Waals surface area contributed by atoms with E-state index in [0.29, 0.717) is 64.0 Å². The van der Waals surface area contributed by atoms with Crippen molar-refractivity contribution in [2.24, 2.45) is 28.6 Å². The summed E-state index contributed by atoms with van der Waals surface area (Å²) in [6.45, 7) is 12.6. The van der Waals surface area contributed by atoms with Crippen LogP contribution in [0.4, 0.5) is 0 Å². The van der Waals surface area contributed by atoms with E-state index in [2.05, 4.69) is 38.1 Å². The lowest BCUT2D eigenvalue weighted by molar-refractivity contribution is -0.151. The topological polar surface area (TPSA) is 96.8 Å². The van der Waals surface area contributed by atoms with Gasteiger partial charge in [-0.05, 0) is 29.7 Å². The van der Waals surface area contributed by atoms with Crippen molar-refractivity contribution in [2.45, 2.75) is 59.9 Å². The Labute approximate surface area is 250 Å². The standard InChI is InChI=1S/C33H47N5O4/c1-5-10-24(6-2)20-42-14-13-34-29(39)28-19-36(21-33(28)22-37(23-33)31(41)27-15-32(27,3)4)30(40)26-16-35-38(18-26)17-25-11-8-7-9-12-25/h7-9,11-12,16,18,24,27-28H,5-6,10,13-15,17,19-23H2,1-4H3,(H,34,39)/t24?,27-,28?/m1/s1. The van der Waals surface area contributed by atoms with Gasteiger partial charge in [0.1, 0.15) is 0 Å². The monoisotopic (exact) mass is 577 g/mol. The van der Waals surface area contributed by atoms with Crippen LogP contribution in [0.2, 0.25) is 0 Å². The van der Waals surface area contributed by atoms with E-state index in [1.165, 1.54) is 0 Å². The van der Waals surface area contributed by atoms with Crippen molar-refractivity contribution in [1.82, 2.24) is 24.9 Å². The fraction of sp³-hybridized carbons (Fsp3) is 0.636. The predicted octanol–water partition coefficient (Wildman–Crippen LogP) is 3.84. The Kier molecular flexibility index (Phi) is 9.06. The molecule has 0 bridgehead atoms. The van der Waals surface area contributed by atoms with Crippen molar-refractivity contribution in [3.63, 3.8) is 0 Å². The molecule has 3 amide bonds. The number of likely N-dealkylation sites (tertiary alicyclic amines) is 2. The molecule has 1 aromatic heterocycles. The van der Waals surface area contributed by atoms with Gasteiger partial charge in [-0.1, -0.05) is 70.9 Å². The molecule has 9 heteroatoms. The van der Waals surface area contributed by atoms with Crippen molar-refractivity contribution in [3.05, 3.63) is 53.9 Å². The first-order chi connectivity index (χ1) is 20.2. The molecule has 228 valence electrons. The van der Waals surface area contributed by atoms with Gasteiger partial charge in [0.2, 0.25) is 11.8 Å². The van der Waals surface area contributed by atoms with Gasteiger partial charge in [0.25, 0.3) is 5.91 Å². The number of hydrogen-bond acceptors (Lipinski definition) is 5. The van der Waals surface area contributed by atoms with E-state index in [0.717, 1.165) is 31.2 Å². The first kappa shape index (κ1) is 30.3. The second-order valence-electron chi connectivity index (χ2n) is 13.4. The summed E-state index contributed by atoms with van der Waals surface area (Å²) in [6.07, 6.45) is 7.68. The van der Waals surface area contributed by atoms with Gasteiger partial charge < -0.3 is 19.9 Å². The minimum Gasteiger partial charge on any atom is -0.379 e. The van der Waals surface area contributed by atoms with Gasteiger partial charge in [0.05, 0.1) is 30.8 Å². The molecule has 1 aromatic carbocycles. The molecule has 2 aromatic rings. The molecule has 5 rings (SSSR count). The van der Waals surface area contributed by atoms with E-state index in [1.807, 2.05) is 35.2 Å². The number of carbonyl (C=O) groups excluding carboxylic acids is 3. The lowest BCUT2D eigenvalue weighted by Gasteiger charge is -2.50. The largest absolute Gasteiger partial charge is 0.379 e. The number of hydrogen-bond donors (Lipinski definition) is 1. The molecule has 3 fully saturated rings. The SMILES string of the molecule is CCCC(CC)COCCNC(=O)C1CN(C(=O)c2cnn(Cc3ccccc3)c2)CC12CN(C(=O)[C@H]1CC1(C)C)C2. The lowest BCUT2D eigenvalue weighted by atomic mass is 9.71. The molecule has 2 saturated heterocycles. The average molecular weight is 578 g/mol. The summed E-state index contributed by atoms with van der Waals surface area (Å²) in [4.78, 5) is 43.9. The number of nitrogens with one attached hydrogen (secondary N) is 1. The van der Waals surface area contributed by atoms with E-state index >= 15 is 0 Å². The van der Waals surface area contributed by atoms with Crippen LogP contribution in [0.15, 0.2) is 42.7 Å². The van der Waals surface area contributed by atoms with Crippen LogP contribution in [-0.2, 0) is 20.9 Å². The number of ether oxygens (including phenoxy) is 1. The van der Waals surface area contributed by atoms with Crippen LogP contribution in [0.5, 0.6) is 0 Å². The molecule has 2 unspecified atom stereocenters. The molecule has 1 N–H and O–H groups in total. The fourth-order valence-corrected chi connectivity index (χ4v) is 6.73. The van der Waals surface area contributed by atoms with Crippen LogP contribution in [-0.4, -0.2) is 83.2 Å². The molecule has 1 spiro atoms. The van der Waals surface area contributed by atoms with E-state index in [4.69, 9.17) is 4.74 Å². The molecule has 3 heterocycles. The van der Waals surface area contributed by atoms with Crippen LogP contribution >= 0.6 is 0 Å². The van der Waals surface area contributed by atoms with Crippen molar-refractivity contribution < 1.29 is 19.1 Å². The predicted molar refractivity (Wildman–Crippen MR) is 161 cm³/mol. The van der Waals surface area contributed by atoms with Gasteiger partial charge >= 0.3 is 0 Å². The highest BCUT2D eigenvalue weighted by Gasteiger charge is 2.61. The second-order valence-corrected chi connectivity index (χ2v) is 13.4. The number of carbonyl (C=O) groups is 3. The molecule has 2 aliphatic heterocycles. The fourth-order valence-electron chi connectivity index (χ4n) is 6.73. The summed E-state index contributed by atoms with van der Waals surface area (Å²) in [6, 6.07) is 10.00. The average Bonchev–Trinajstić information content (AvgIpc) is 3.28. The van der Waals surface area contributed by atoms with Gasteiger partial charge in [-0.3, -0.25) is 19.1 Å². The third-order valence-corrected chi connectivity index (χ3v) is 9.63. The Morgan fingerprint density at radius 2 is 1.79 bits per heavy atom. The minimum absolute atomic E-state index is 0.0576. The number of amides is 3. The highest BCUT2D eigenvalue weighted by atomic mass is 16.5. The number of benzene rings is 1. The maximum absolute atomic E-state index is 13.6. The van der Waals surface area contributed by atoms with Crippen LogP contribution in [0.3, 0.4) is 0 Å². The third-order valence-electron chi connectivity index (χ3n) is 9.63. The molecular formula is C33H47N5O4. The normalized spacial score (nSPS) is 22.6. The van der Waals surface area contributed by atoms with E-state index in [1.54, 1.807) is 22.0 Å². The first-order valence-corrected chi connectivity index (χ1v) is 15.7. The molecule has 0 radical (unpaired) electrons.